The minimum Gasteiger partial charge on any atom is -0.355 e. The summed E-state index contributed by atoms with van der Waals surface area (Å²) in [6, 6.07) is 13.8. The van der Waals surface area contributed by atoms with E-state index in [1.165, 1.54) is 4.90 Å². The van der Waals surface area contributed by atoms with Gasteiger partial charge in [0.05, 0.1) is 11.9 Å². The van der Waals surface area contributed by atoms with Crippen molar-refractivity contribution in [3.05, 3.63) is 63.2 Å². The van der Waals surface area contributed by atoms with E-state index in [1.807, 2.05) is 31.2 Å². The van der Waals surface area contributed by atoms with Crippen LogP contribution in [0.25, 0.3) is 0 Å². The first-order chi connectivity index (χ1) is 14.5. The fourth-order valence-corrected chi connectivity index (χ4v) is 4.34. The number of rotatable bonds is 9. The van der Waals surface area contributed by atoms with Crippen molar-refractivity contribution >= 4 is 50.1 Å². The Balaban J connectivity index is 2.37. The summed E-state index contributed by atoms with van der Waals surface area (Å²) in [6.07, 6.45) is 1.07. The summed E-state index contributed by atoms with van der Waals surface area (Å²) >= 11 is 2.13. The molecule has 31 heavy (non-hydrogen) atoms. The number of hydrogen-bond donors (Lipinski definition) is 1. The van der Waals surface area contributed by atoms with Crippen molar-refractivity contribution < 1.29 is 18.0 Å². The Bertz CT molecular complexity index is 1030. The maximum atomic E-state index is 13.3. The van der Waals surface area contributed by atoms with Gasteiger partial charge in [-0.15, -0.1) is 0 Å². The Kier molecular flexibility index (Phi) is 8.87. The fraction of sp³-hybridized carbons (Fsp3) is 0.364. The van der Waals surface area contributed by atoms with Gasteiger partial charge < -0.3 is 10.2 Å². The monoisotopic (exact) mass is 557 g/mol. The molecule has 0 aliphatic carbocycles. The van der Waals surface area contributed by atoms with E-state index < -0.39 is 28.5 Å². The number of sulfonamides is 1. The van der Waals surface area contributed by atoms with Crippen LogP contribution < -0.4 is 9.62 Å². The molecule has 0 aliphatic heterocycles. The molecular weight excluding hydrogens is 529 g/mol. The van der Waals surface area contributed by atoms with Gasteiger partial charge in [-0.25, -0.2) is 8.42 Å². The lowest BCUT2D eigenvalue weighted by Crippen LogP contribution is -2.51. The molecule has 0 unspecified atom stereocenters. The number of nitrogens with one attached hydrogen (secondary N) is 1. The van der Waals surface area contributed by atoms with Gasteiger partial charge in [-0.2, -0.15) is 0 Å². The molecule has 0 fully saturated rings. The quantitative estimate of drug-likeness (QED) is 0.481. The normalized spacial score (nSPS) is 12.2. The summed E-state index contributed by atoms with van der Waals surface area (Å²) in [5.41, 5.74) is 2.30. The highest BCUT2D eigenvalue weighted by Gasteiger charge is 2.29. The molecule has 0 saturated carbocycles. The molecule has 0 heterocycles. The van der Waals surface area contributed by atoms with Crippen LogP contribution in [0.5, 0.6) is 0 Å². The molecule has 168 valence electrons. The molecule has 2 amide bonds. The van der Waals surface area contributed by atoms with E-state index in [0.717, 1.165) is 25.3 Å². The van der Waals surface area contributed by atoms with Gasteiger partial charge in [0.15, 0.2) is 0 Å². The molecule has 1 atom stereocenters. The average molecular weight is 557 g/mol. The highest BCUT2D eigenvalue weighted by Crippen LogP contribution is 2.20. The fourth-order valence-electron chi connectivity index (χ4n) is 3.13. The van der Waals surface area contributed by atoms with Crippen LogP contribution in [0.15, 0.2) is 48.5 Å². The molecule has 0 aromatic heterocycles. The van der Waals surface area contributed by atoms with Crippen LogP contribution in [0.3, 0.4) is 0 Å². The van der Waals surface area contributed by atoms with Gasteiger partial charge in [0, 0.05) is 16.7 Å². The first-order valence-corrected chi connectivity index (χ1v) is 12.8. The van der Waals surface area contributed by atoms with Crippen molar-refractivity contribution in [2.75, 3.05) is 23.7 Å². The summed E-state index contributed by atoms with van der Waals surface area (Å²) in [5, 5.41) is 2.73. The molecule has 0 radical (unpaired) electrons. The third-order valence-corrected chi connectivity index (χ3v) is 6.61. The first-order valence-electron chi connectivity index (χ1n) is 9.89. The lowest BCUT2D eigenvalue weighted by atomic mass is 10.1. The van der Waals surface area contributed by atoms with E-state index in [-0.39, 0.29) is 12.5 Å². The van der Waals surface area contributed by atoms with Gasteiger partial charge in [-0.1, -0.05) is 29.8 Å². The number of amides is 2. The number of carbonyl (C=O) groups is 2. The number of nitrogens with zero attached hydrogens (tertiary/aromatic N) is 2. The molecule has 0 aliphatic rings. The summed E-state index contributed by atoms with van der Waals surface area (Å²) in [4.78, 5) is 27.2. The van der Waals surface area contributed by atoms with Crippen molar-refractivity contribution in [3.63, 3.8) is 0 Å². The molecule has 1 N–H and O–H groups in total. The van der Waals surface area contributed by atoms with Crippen LogP contribution in [-0.4, -0.2) is 50.5 Å². The van der Waals surface area contributed by atoms with Gasteiger partial charge in [0.1, 0.15) is 12.6 Å². The van der Waals surface area contributed by atoms with E-state index in [9.17, 15) is 18.0 Å². The molecule has 2 rings (SSSR count). The Hall–Kier alpha value is -2.14. The second-order valence-electron chi connectivity index (χ2n) is 7.33. The molecule has 0 bridgehead atoms. The topological polar surface area (TPSA) is 86.8 Å². The van der Waals surface area contributed by atoms with Crippen molar-refractivity contribution in [3.8, 4) is 0 Å². The summed E-state index contributed by atoms with van der Waals surface area (Å²) in [7, 11) is -3.71. The summed E-state index contributed by atoms with van der Waals surface area (Å²) < 4.78 is 26.9. The van der Waals surface area contributed by atoms with Crippen LogP contribution in [-0.2, 0) is 26.2 Å². The van der Waals surface area contributed by atoms with Crippen LogP contribution >= 0.6 is 22.6 Å². The molecule has 2 aromatic rings. The Morgan fingerprint density at radius 2 is 1.77 bits per heavy atom. The number of carbonyl (C=O) groups excluding carboxylic acids is 2. The average Bonchev–Trinajstić information content (AvgIpc) is 2.70. The second kappa shape index (κ2) is 10.9. The number of anilines is 1. The minimum atomic E-state index is -3.71. The number of benzene rings is 2. The Labute approximate surface area is 198 Å². The third kappa shape index (κ3) is 7.20. The summed E-state index contributed by atoms with van der Waals surface area (Å²) in [6.45, 7) is 5.64. The largest absolute Gasteiger partial charge is 0.355 e. The minimum absolute atomic E-state index is 0.198. The molecule has 0 spiro atoms. The molecule has 0 saturated heterocycles. The van der Waals surface area contributed by atoms with E-state index >= 15 is 0 Å². The zero-order valence-electron chi connectivity index (χ0n) is 18.1. The SMILES string of the molecule is CCNC(=O)[C@@H](C)N(Cc1cccc(C)c1)C(=O)CN(c1ccc(I)cc1)S(C)(=O)=O. The Morgan fingerprint density at radius 1 is 1.13 bits per heavy atom. The van der Waals surface area contributed by atoms with Crippen molar-refractivity contribution in [2.45, 2.75) is 33.4 Å². The van der Waals surface area contributed by atoms with E-state index in [0.29, 0.717) is 12.2 Å². The van der Waals surface area contributed by atoms with E-state index in [2.05, 4.69) is 27.9 Å². The third-order valence-electron chi connectivity index (χ3n) is 4.75. The molecule has 2 aromatic carbocycles. The van der Waals surface area contributed by atoms with Gasteiger partial charge in [-0.05, 0) is 73.2 Å². The number of aryl methyl sites for hydroxylation is 1. The lowest BCUT2D eigenvalue weighted by Gasteiger charge is -2.31. The van der Waals surface area contributed by atoms with Crippen molar-refractivity contribution in [1.29, 1.82) is 0 Å². The highest BCUT2D eigenvalue weighted by molar-refractivity contribution is 14.1. The predicted octanol–water partition coefficient (Wildman–Crippen LogP) is 2.92. The zero-order valence-corrected chi connectivity index (χ0v) is 21.1. The van der Waals surface area contributed by atoms with Gasteiger partial charge in [0.25, 0.3) is 0 Å². The van der Waals surface area contributed by atoms with E-state index in [1.54, 1.807) is 38.1 Å². The van der Waals surface area contributed by atoms with Crippen molar-refractivity contribution in [2.24, 2.45) is 0 Å². The lowest BCUT2D eigenvalue weighted by molar-refractivity contribution is -0.139. The molecule has 9 heteroatoms. The number of likely N-dealkylation sites (N-methyl/N-ethyl adjacent to an activating group) is 1. The highest BCUT2D eigenvalue weighted by atomic mass is 127. The predicted molar refractivity (Wildman–Crippen MR) is 131 cm³/mol. The van der Waals surface area contributed by atoms with Crippen LogP contribution in [0.4, 0.5) is 5.69 Å². The van der Waals surface area contributed by atoms with Crippen LogP contribution in [0.1, 0.15) is 25.0 Å². The maximum Gasteiger partial charge on any atom is 0.244 e. The number of halogens is 1. The number of hydrogen-bond acceptors (Lipinski definition) is 4. The second-order valence-corrected chi connectivity index (χ2v) is 10.5. The summed E-state index contributed by atoms with van der Waals surface area (Å²) in [5.74, 6) is -0.743. The smallest absolute Gasteiger partial charge is 0.244 e. The van der Waals surface area contributed by atoms with Crippen molar-refractivity contribution in [1.82, 2.24) is 10.2 Å². The van der Waals surface area contributed by atoms with Gasteiger partial charge in [-0.3, -0.25) is 13.9 Å². The molecule has 7 nitrogen and oxygen atoms in total. The zero-order chi connectivity index (χ0) is 23.2. The first kappa shape index (κ1) is 25.1. The van der Waals surface area contributed by atoms with E-state index in [4.69, 9.17) is 0 Å². The van der Waals surface area contributed by atoms with Gasteiger partial charge >= 0.3 is 0 Å². The molecular formula is C22H28IN3O4S. The van der Waals surface area contributed by atoms with Crippen LogP contribution in [0, 0.1) is 10.5 Å². The maximum absolute atomic E-state index is 13.3. The van der Waals surface area contributed by atoms with Gasteiger partial charge in [0.2, 0.25) is 21.8 Å². The van der Waals surface area contributed by atoms with Crippen LogP contribution in [0.2, 0.25) is 0 Å². The Morgan fingerprint density at radius 3 is 2.32 bits per heavy atom. The standard InChI is InChI=1S/C22H28IN3O4S/c1-5-24-22(28)17(3)25(14-18-8-6-7-16(2)13-18)21(27)15-26(31(4,29)30)20-11-9-19(23)10-12-20/h6-13,17H,5,14-15H2,1-4H3,(H,24,28)/t17-/m1/s1.